The van der Waals surface area contributed by atoms with Crippen LogP contribution in [0.5, 0.6) is 0 Å². The second-order valence-electron chi connectivity index (χ2n) is 8.69. The molecule has 0 amide bonds. The van der Waals surface area contributed by atoms with Gasteiger partial charge in [-0.3, -0.25) is 0 Å². The molecule has 6 rings (SSSR count). The highest BCUT2D eigenvalue weighted by molar-refractivity contribution is 7.14. The minimum atomic E-state index is -0.0846. The third kappa shape index (κ3) is 3.97. The average Bonchev–Trinajstić information content (AvgIpc) is 3.39. The van der Waals surface area contributed by atoms with Crippen molar-refractivity contribution in [1.29, 1.82) is 0 Å². The van der Waals surface area contributed by atoms with Gasteiger partial charge in [0.25, 0.3) is 0 Å². The Morgan fingerprint density at radius 2 is 1.49 bits per heavy atom. The molecule has 8 heteroatoms. The molecule has 1 fully saturated rings. The van der Waals surface area contributed by atoms with Crippen molar-refractivity contribution in [2.75, 3.05) is 0 Å². The Morgan fingerprint density at radius 1 is 0.829 bits per heavy atom. The second kappa shape index (κ2) is 8.75. The lowest BCUT2D eigenvalue weighted by Crippen LogP contribution is -2.07. The number of hydrogen-bond donors (Lipinski definition) is 0. The topological polar surface area (TPSA) is 43.6 Å². The van der Waals surface area contributed by atoms with Crippen molar-refractivity contribution < 1.29 is 0 Å². The van der Waals surface area contributed by atoms with Gasteiger partial charge >= 0.3 is 0 Å². The van der Waals surface area contributed by atoms with Gasteiger partial charge in [0, 0.05) is 26.6 Å². The van der Waals surface area contributed by atoms with Gasteiger partial charge in [0.2, 0.25) is 0 Å². The molecule has 35 heavy (non-hydrogen) atoms. The predicted molar refractivity (Wildman–Crippen MR) is 144 cm³/mol. The zero-order valence-corrected chi connectivity index (χ0v) is 21.8. The summed E-state index contributed by atoms with van der Waals surface area (Å²) in [6.07, 6.45) is 2.10. The number of benzene rings is 3. The van der Waals surface area contributed by atoms with E-state index in [9.17, 15) is 0 Å². The zero-order valence-electron chi connectivity index (χ0n) is 18.7. The van der Waals surface area contributed by atoms with Gasteiger partial charge in [0.05, 0.1) is 16.4 Å². The van der Waals surface area contributed by atoms with E-state index in [1.807, 2.05) is 65.3 Å². The van der Waals surface area contributed by atoms with Crippen molar-refractivity contribution in [3.63, 3.8) is 0 Å². The fourth-order valence-electron chi connectivity index (χ4n) is 4.48. The summed E-state index contributed by atoms with van der Waals surface area (Å²) in [7, 11) is 0. The van der Waals surface area contributed by atoms with Crippen molar-refractivity contribution in [3.8, 4) is 27.6 Å². The van der Waals surface area contributed by atoms with Crippen LogP contribution in [0.25, 0.3) is 27.6 Å². The molecular formula is C27H19Cl3N4S. The van der Waals surface area contributed by atoms with Crippen LogP contribution in [0.3, 0.4) is 0 Å². The van der Waals surface area contributed by atoms with E-state index in [2.05, 4.69) is 29.3 Å². The molecule has 0 spiro atoms. The van der Waals surface area contributed by atoms with E-state index in [-0.39, 0.29) is 5.41 Å². The monoisotopic (exact) mass is 536 g/mol. The molecule has 2 heterocycles. The summed E-state index contributed by atoms with van der Waals surface area (Å²) in [5.74, 6) is 0. The maximum Gasteiger partial charge on any atom is 0.168 e. The van der Waals surface area contributed by atoms with Crippen molar-refractivity contribution in [2.24, 2.45) is 0 Å². The summed E-state index contributed by atoms with van der Waals surface area (Å²) in [6.45, 7) is 2.06. The molecule has 0 N–H and O–H groups in total. The number of rotatable bonds is 5. The van der Waals surface area contributed by atoms with Gasteiger partial charge in [-0.1, -0.05) is 82.5 Å². The van der Waals surface area contributed by atoms with Crippen molar-refractivity contribution in [3.05, 3.63) is 104 Å². The van der Waals surface area contributed by atoms with Crippen LogP contribution in [0.2, 0.25) is 15.1 Å². The lowest BCUT2D eigenvalue weighted by molar-refractivity contribution is 0.807. The summed E-state index contributed by atoms with van der Waals surface area (Å²) in [5, 5.41) is 18.0. The van der Waals surface area contributed by atoms with E-state index in [1.54, 1.807) is 11.3 Å². The predicted octanol–water partition coefficient (Wildman–Crippen LogP) is 8.41. The molecule has 1 saturated carbocycles. The molecule has 0 atom stereocenters. The molecule has 0 bridgehead atoms. The molecule has 5 aromatic rings. The van der Waals surface area contributed by atoms with Gasteiger partial charge in [-0.25, -0.2) is 4.68 Å². The fourth-order valence-corrected chi connectivity index (χ4v) is 6.10. The minimum absolute atomic E-state index is 0.0846. The molecular weight excluding hydrogens is 519 g/mol. The van der Waals surface area contributed by atoms with Gasteiger partial charge in [-0.2, -0.15) is 5.10 Å². The highest BCUT2D eigenvalue weighted by Crippen LogP contribution is 2.55. The summed E-state index contributed by atoms with van der Waals surface area (Å²) in [4.78, 5) is 0. The normalized spacial score (nSPS) is 14.3. The van der Waals surface area contributed by atoms with Crippen LogP contribution in [0.1, 0.15) is 29.0 Å². The number of nitrogens with zero attached hydrogens (tertiary/aromatic N) is 4. The minimum Gasteiger partial charge on any atom is -0.231 e. The van der Waals surface area contributed by atoms with Crippen LogP contribution in [0.15, 0.2) is 72.8 Å². The highest BCUT2D eigenvalue weighted by Gasteiger charge is 2.49. The van der Waals surface area contributed by atoms with Gasteiger partial charge in [0.1, 0.15) is 10.7 Å². The third-order valence-electron chi connectivity index (χ3n) is 6.50. The highest BCUT2D eigenvalue weighted by atomic mass is 35.5. The SMILES string of the molecule is Cc1c(-c2nnc(C3(c4ccc(Cl)cc4)CC3)s2)nn(-c2ccccc2Cl)c1-c1ccc(Cl)cc1. The molecule has 174 valence electrons. The van der Waals surface area contributed by atoms with E-state index in [0.29, 0.717) is 10.0 Å². The van der Waals surface area contributed by atoms with Crippen molar-refractivity contribution in [1.82, 2.24) is 20.0 Å². The molecule has 0 saturated heterocycles. The Hall–Kier alpha value is -2.70. The molecule has 0 aliphatic heterocycles. The van der Waals surface area contributed by atoms with Crippen LogP contribution in [-0.2, 0) is 5.41 Å². The molecule has 3 aromatic carbocycles. The quantitative estimate of drug-likeness (QED) is 0.226. The summed E-state index contributed by atoms with van der Waals surface area (Å²) in [5.41, 5.74) is 5.69. The first-order valence-corrected chi connectivity index (χ1v) is 13.1. The van der Waals surface area contributed by atoms with E-state index < -0.39 is 0 Å². The Bertz CT molecular complexity index is 1530. The van der Waals surface area contributed by atoms with Crippen molar-refractivity contribution >= 4 is 46.1 Å². The van der Waals surface area contributed by atoms with Gasteiger partial charge in [-0.05, 0) is 61.7 Å². The van der Waals surface area contributed by atoms with E-state index >= 15 is 0 Å². The first kappa shape index (κ1) is 22.7. The zero-order chi connectivity index (χ0) is 24.2. The molecule has 1 aliphatic carbocycles. The number of halogens is 3. The van der Waals surface area contributed by atoms with Gasteiger partial charge in [0.15, 0.2) is 5.01 Å². The molecule has 2 aromatic heterocycles. The Labute approximate surface area is 222 Å². The largest absolute Gasteiger partial charge is 0.231 e. The van der Waals surface area contributed by atoms with Crippen molar-refractivity contribution in [2.45, 2.75) is 25.2 Å². The van der Waals surface area contributed by atoms with Crippen LogP contribution >= 0.6 is 46.1 Å². The van der Waals surface area contributed by atoms with Crippen LogP contribution in [0, 0.1) is 6.92 Å². The smallest absolute Gasteiger partial charge is 0.168 e. The number of hydrogen-bond acceptors (Lipinski definition) is 4. The van der Waals surface area contributed by atoms with Gasteiger partial charge < -0.3 is 0 Å². The average molecular weight is 538 g/mol. The number of para-hydroxylation sites is 1. The van der Waals surface area contributed by atoms with Crippen LogP contribution < -0.4 is 0 Å². The molecule has 4 nitrogen and oxygen atoms in total. The summed E-state index contributed by atoms with van der Waals surface area (Å²) < 4.78 is 1.89. The molecule has 1 aliphatic rings. The lowest BCUT2D eigenvalue weighted by atomic mass is 9.97. The van der Waals surface area contributed by atoms with E-state index in [4.69, 9.17) is 39.9 Å². The maximum atomic E-state index is 6.59. The Morgan fingerprint density at radius 3 is 2.14 bits per heavy atom. The van der Waals surface area contributed by atoms with Crippen LogP contribution in [-0.4, -0.2) is 20.0 Å². The molecule has 0 unspecified atom stereocenters. The van der Waals surface area contributed by atoms with Crippen LogP contribution in [0.4, 0.5) is 0 Å². The number of aromatic nitrogens is 4. The first-order valence-electron chi connectivity index (χ1n) is 11.2. The van der Waals surface area contributed by atoms with E-state index in [1.165, 1.54) is 5.56 Å². The third-order valence-corrected chi connectivity index (χ3v) is 8.46. The lowest BCUT2D eigenvalue weighted by Gasteiger charge is -2.11. The second-order valence-corrected chi connectivity index (χ2v) is 11.0. The van der Waals surface area contributed by atoms with E-state index in [0.717, 1.165) is 56.1 Å². The fraction of sp³-hybridized carbons (Fsp3) is 0.148. The Kier molecular flexibility index (Phi) is 5.69. The maximum absolute atomic E-state index is 6.59. The first-order chi connectivity index (χ1) is 17.0. The standard InChI is InChI=1S/C27H19Cl3N4S/c1-16-23(25-31-32-26(35-25)27(14-15-27)18-8-12-20(29)13-9-18)33-34(22-5-3-2-4-21(22)30)24(16)17-6-10-19(28)11-7-17/h2-13H,14-15H2,1H3. The molecule has 0 radical (unpaired) electrons. The Balaban J connectivity index is 1.48. The van der Waals surface area contributed by atoms with Gasteiger partial charge in [-0.15, -0.1) is 10.2 Å². The summed E-state index contributed by atoms with van der Waals surface area (Å²) >= 11 is 20.5. The summed E-state index contributed by atoms with van der Waals surface area (Å²) in [6, 6.07) is 23.5.